The van der Waals surface area contributed by atoms with Gasteiger partial charge in [-0.05, 0) is 43.9 Å². The highest BCUT2D eigenvalue weighted by Crippen LogP contribution is 2.30. The van der Waals surface area contributed by atoms with Crippen LogP contribution in [0, 0.1) is 12.8 Å². The highest BCUT2D eigenvalue weighted by molar-refractivity contribution is 6.30. The van der Waals surface area contributed by atoms with Crippen LogP contribution < -0.4 is 16.2 Å². The predicted octanol–water partition coefficient (Wildman–Crippen LogP) is 3.63. The monoisotopic (exact) mass is 383 g/mol. The van der Waals surface area contributed by atoms with Gasteiger partial charge in [0.2, 0.25) is 5.95 Å². The zero-order valence-electron chi connectivity index (χ0n) is 15.2. The van der Waals surface area contributed by atoms with Crippen LogP contribution in [0.3, 0.4) is 0 Å². The molecule has 0 spiro atoms. The topological polar surface area (TPSA) is 71.3 Å². The van der Waals surface area contributed by atoms with Crippen molar-refractivity contribution < 1.29 is 0 Å². The second-order valence-corrected chi connectivity index (χ2v) is 7.42. The van der Waals surface area contributed by atoms with E-state index in [0.717, 1.165) is 24.8 Å². The summed E-state index contributed by atoms with van der Waals surface area (Å²) in [6, 6.07) is 9.21. The molecule has 1 aliphatic carbocycles. The van der Waals surface area contributed by atoms with Crippen LogP contribution in [0.4, 0.5) is 5.95 Å². The fourth-order valence-corrected chi connectivity index (χ4v) is 3.71. The van der Waals surface area contributed by atoms with Gasteiger partial charge < -0.3 is 5.32 Å². The molecule has 0 amide bonds. The van der Waals surface area contributed by atoms with Gasteiger partial charge in [-0.15, -0.1) is 0 Å². The van der Waals surface area contributed by atoms with Crippen molar-refractivity contribution >= 4 is 23.5 Å². The highest BCUT2D eigenvalue weighted by atomic mass is 35.5. The standard InChI is InChI=1S/C20H22ClN5O/c1-13-11-17(27)26-18(15-5-3-2-4-6-15)24-19(25-20(26)23-13)22-12-14-7-9-16(21)10-8-14/h2-3,7-11,15,18H,4-6,12H2,1H3,(H2,22,23,24,25)/t15-,18-/m0/s1. The Morgan fingerprint density at radius 1 is 1.30 bits per heavy atom. The zero-order chi connectivity index (χ0) is 18.8. The molecule has 2 heterocycles. The van der Waals surface area contributed by atoms with Gasteiger partial charge in [0.15, 0.2) is 5.96 Å². The lowest BCUT2D eigenvalue weighted by Gasteiger charge is -2.36. The Labute approximate surface area is 163 Å². The van der Waals surface area contributed by atoms with E-state index >= 15 is 0 Å². The maximum absolute atomic E-state index is 12.6. The summed E-state index contributed by atoms with van der Waals surface area (Å²) in [4.78, 5) is 21.8. The SMILES string of the molecule is Cc1cc(=O)n2c(n1)NC(=NCc1ccc(Cl)cc1)N[C@@H]2[C@H]1CC=CCC1. The van der Waals surface area contributed by atoms with E-state index in [1.165, 1.54) is 0 Å². The summed E-state index contributed by atoms with van der Waals surface area (Å²) in [6.45, 7) is 2.34. The molecule has 4 rings (SSSR count). The number of nitrogens with zero attached hydrogens (tertiary/aromatic N) is 3. The predicted molar refractivity (Wildman–Crippen MR) is 108 cm³/mol. The molecular formula is C20H22ClN5O. The number of guanidine groups is 1. The first kappa shape index (κ1) is 17.8. The van der Waals surface area contributed by atoms with Gasteiger partial charge in [0.25, 0.3) is 5.56 Å². The summed E-state index contributed by atoms with van der Waals surface area (Å²) in [5.41, 5.74) is 1.71. The quantitative estimate of drug-likeness (QED) is 0.794. The first-order valence-electron chi connectivity index (χ1n) is 9.18. The minimum absolute atomic E-state index is 0.0474. The van der Waals surface area contributed by atoms with Gasteiger partial charge in [-0.2, -0.15) is 0 Å². The molecule has 1 aliphatic heterocycles. The Bertz CT molecular complexity index is 948. The minimum Gasteiger partial charge on any atom is -0.335 e. The van der Waals surface area contributed by atoms with Crippen molar-refractivity contribution in [3.8, 4) is 0 Å². The number of fused-ring (bicyclic) bond motifs is 1. The number of aryl methyl sites for hydroxylation is 1. The van der Waals surface area contributed by atoms with Crippen molar-refractivity contribution in [1.29, 1.82) is 0 Å². The molecular weight excluding hydrogens is 362 g/mol. The number of anilines is 1. The number of benzene rings is 1. The van der Waals surface area contributed by atoms with Crippen LogP contribution in [0.2, 0.25) is 5.02 Å². The van der Waals surface area contributed by atoms with E-state index in [4.69, 9.17) is 11.6 Å². The van der Waals surface area contributed by atoms with Crippen molar-refractivity contribution in [3.63, 3.8) is 0 Å². The molecule has 0 fully saturated rings. The average Bonchev–Trinajstić information content (AvgIpc) is 2.67. The fraction of sp³-hybridized carbons (Fsp3) is 0.350. The molecule has 2 aliphatic rings. The number of hydrogen-bond acceptors (Lipinski definition) is 3. The van der Waals surface area contributed by atoms with Gasteiger partial charge in [0, 0.05) is 22.7 Å². The molecule has 1 aromatic carbocycles. The van der Waals surface area contributed by atoms with Crippen LogP contribution in [0.1, 0.15) is 36.7 Å². The number of hydrogen-bond donors (Lipinski definition) is 2. The normalized spacial score (nSPS) is 22.8. The Hall–Kier alpha value is -2.60. The summed E-state index contributed by atoms with van der Waals surface area (Å²) >= 11 is 5.94. The van der Waals surface area contributed by atoms with Crippen LogP contribution in [-0.4, -0.2) is 15.5 Å². The third-order valence-corrected chi connectivity index (χ3v) is 5.21. The number of halogens is 1. The summed E-state index contributed by atoms with van der Waals surface area (Å²) in [5, 5.41) is 7.31. The molecule has 0 radical (unpaired) electrons. The van der Waals surface area contributed by atoms with Gasteiger partial charge >= 0.3 is 0 Å². The van der Waals surface area contributed by atoms with Gasteiger partial charge in [0.05, 0.1) is 6.54 Å². The number of aromatic nitrogens is 2. The van der Waals surface area contributed by atoms with Crippen LogP contribution in [0.15, 0.2) is 52.3 Å². The van der Waals surface area contributed by atoms with E-state index < -0.39 is 0 Å². The molecule has 140 valence electrons. The smallest absolute Gasteiger partial charge is 0.256 e. The van der Waals surface area contributed by atoms with Crippen LogP contribution in [-0.2, 0) is 6.54 Å². The number of nitrogens with one attached hydrogen (secondary N) is 2. The fourth-order valence-electron chi connectivity index (χ4n) is 3.59. The molecule has 7 heteroatoms. The molecule has 6 nitrogen and oxygen atoms in total. The number of allylic oxidation sites excluding steroid dienone is 2. The van der Waals surface area contributed by atoms with Crippen molar-refractivity contribution in [2.24, 2.45) is 10.9 Å². The summed E-state index contributed by atoms with van der Waals surface area (Å²) in [7, 11) is 0. The largest absolute Gasteiger partial charge is 0.335 e. The minimum atomic E-state index is -0.157. The summed E-state index contributed by atoms with van der Waals surface area (Å²) in [5.74, 6) is 1.51. The molecule has 0 saturated carbocycles. The van der Waals surface area contributed by atoms with E-state index in [9.17, 15) is 4.79 Å². The maximum Gasteiger partial charge on any atom is 0.256 e. The van der Waals surface area contributed by atoms with Crippen LogP contribution in [0.5, 0.6) is 0 Å². The van der Waals surface area contributed by atoms with Crippen molar-refractivity contribution in [3.05, 3.63) is 69.1 Å². The van der Waals surface area contributed by atoms with Crippen molar-refractivity contribution in [2.45, 2.75) is 38.9 Å². The van der Waals surface area contributed by atoms with E-state index in [2.05, 4.69) is 32.8 Å². The van der Waals surface area contributed by atoms with Gasteiger partial charge in [-0.25, -0.2) is 9.98 Å². The molecule has 27 heavy (non-hydrogen) atoms. The lowest BCUT2D eigenvalue weighted by Crippen LogP contribution is -2.50. The third-order valence-electron chi connectivity index (χ3n) is 4.96. The van der Waals surface area contributed by atoms with Gasteiger partial charge in [-0.1, -0.05) is 35.9 Å². The van der Waals surface area contributed by atoms with E-state index in [0.29, 0.717) is 35.1 Å². The Morgan fingerprint density at radius 3 is 2.85 bits per heavy atom. The Morgan fingerprint density at radius 2 is 2.11 bits per heavy atom. The third kappa shape index (κ3) is 3.90. The molecule has 0 saturated heterocycles. The Balaban J connectivity index is 1.65. The van der Waals surface area contributed by atoms with E-state index in [1.54, 1.807) is 10.6 Å². The molecule has 2 atom stereocenters. The van der Waals surface area contributed by atoms with Crippen LogP contribution >= 0.6 is 11.6 Å². The van der Waals surface area contributed by atoms with Gasteiger partial charge in [0.1, 0.15) is 6.17 Å². The highest BCUT2D eigenvalue weighted by Gasteiger charge is 2.31. The lowest BCUT2D eigenvalue weighted by atomic mass is 9.91. The summed E-state index contributed by atoms with van der Waals surface area (Å²) in [6.07, 6.45) is 7.21. The number of rotatable bonds is 3. The lowest BCUT2D eigenvalue weighted by molar-refractivity contribution is 0.276. The molecule has 0 unspecified atom stereocenters. The number of aliphatic imine (C=N–C) groups is 1. The van der Waals surface area contributed by atoms with Crippen LogP contribution in [0.25, 0.3) is 0 Å². The van der Waals surface area contributed by atoms with Crippen molar-refractivity contribution in [1.82, 2.24) is 14.9 Å². The van der Waals surface area contributed by atoms with E-state index in [-0.39, 0.29) is 11.7 Å². The Kier molecular flexibility index (Phi) is 4.99. The van der Waals surface area contributed by atoms with Crippen molar-refractivity contribution in [2.75, 3.05) is 5.32 Å². The molecule has 0 bridgehead atoms. The second-order valence-electron chi connectivity index (χ2n) is 6.98. The molecule has 2 N–H and O–H groups in total. The zero-order valence-corrected chi connectivity index (χ0v) is 15.9. The second kappa shape index (κ2) is 7.56. The summed E-state index contributed by atoms with van der Waals surface area (Å²) < 4.78 is 1.72. The molecule has 2 aromatic rings. The van der Waals surface area contributed by atoms with E-state index in [1.807, 2.05) is 31.2 Å². The first-order valence-corrected chi connectivity index (χ1v) is 9.55. The maximum atomic E-state index is 12.6. The average molecular weight is 384 g/mol. The first-order chi connectivity index (χ1) is 13.1. The van der Waals surface area contributed by atoms with Gasteiger partial charge in [-0.3, -0.25) is 14.7 Å². The molecule has 1 aromatic heterocycles.